The molecule has 23 heavy (non-hydrogen) atoms. The van der Waals surface area contributed by atoms with E-state index in [1.165, 1.54) is 19.3 Å². The van der Waals surface area contributed by atoms with Crippen molar-refractivity contribution in [2.75, 3.05) is 19.6 Å². The molecular formula is C21H25NO. The largest absolute Gasteiger partial charge is 0.302 e. The average molecular weight is 307 g/mol. The van der Waals surface area contributed by atoms with Crippen LogP contribution in [0.3, 0.4) is 0 Å². The van der Waals surface area contributed by atoms with E-state index >= 15 is 0 Å². The number of piperidine rings is 1. The lowest BCUT2D eigenvalue weighted by molar-refractivity contribution is -0.121. The molecule has 1 fully saturated rings. The summed E-state index contributed by atoms with van der Waals surface area (Å²) in [4.78, 5) is 15.4. The molecule has 1 saturated heterocycles. The molecule has 0 spiro atoms. The van der Waals surface area contributed by atoms with Crippen LogP contribution in [0.2, 0.25) is 0 Å². The molecule has 0 aliphatic carbocycles. The first-order valence-electron chi connectivity index (χ1n) is 8.58. The Bertz CT molecular complexity index is 590. The second kappa shape index (κ2) is 7.10. The monoisotopic (exact) mass is 307 g/mol. The number of Topliss-reactive ketones (excluding diaryl/α,β-unsaturated/α-hetero) is 1. The lowest BCUT2D eigenvalue weighted by Crippen LogP contribution is -2.48. The zero-order valence-corrected chi connectivity index (χ0v) is 13.9. The van der Waals surface area contributed by atoms with Gasteiger partial charge in [-0.05, 0) is 44.0 Å². The van der Waals surface area contributed by atoms with Crippen molar-refractivity contribution >= 4 is 5.78 Å². The molecule has 0 bridgehead atoms. The van der Waals surface area contributed by atoms with Gasteiger partial charge in [0.15, 0.2) is 0 Å². The minimum Gasteiger partial charge on any atom is -0.302 e. The van der Waals surface area contributed by atoms with Crippen LogP contribution < -0.4 is 0 Å². The third-order valence-corrected chi connectivity index (χ3v) is 5.04. The summed E-state index contributed by atoms with van der Waals surface area (Å²) in [5.41, 5.74) is 1.63. The summed E-state index contributed by atoms with van der Waals surface area (Å²) in [5.74, 6) is 0.223. The van der Waals surface area contributed by atoms with E-state index in [0.29, 0.717) is 0 Å². The van der Waals surface area contributed by atoms with E-state index in [1.54, 1.807) is 6.92 Å². The number of hydrogen-bond donors (Lipinski definition) is 0. The van der Waals surface area contributed by atoms with Crippen molar-refractivity contribution in [3.05, 3.63) is 71.8 Å². The lowest BCUT2D eigenvalue weighted by atomic mass is 9.71. The summed E-state index contributed by atoms with van der Waals surface area (Å²) in [6.45, 7) is 4.70. The van der Waals surface area contributed by atoms with Gasteiger partial charge in [-0.15, -0.1) is 0 Å². The highest BCUT2D eigenvalue weighted by molar-refractivity contribution is 5.92. The molecule has 1 heterocycles. The Morgan fingerprint density at radius 3 is 1.78 bits per heavy atom. The summed E-state index contributed by atoms with van der Waals surface area (Å²) in [6.07, 6.45) is 3.77. The molecule has 2 nitrogen and oxygen atoms in total. The van der Waals surface area contributed by atoms with E-state index < -0.39 is 5.41 Å². The van der Waals surface area contributed by atoms with Gasteiger partial charge in [0.1, 0.15) is 5.78 Å². The van der Waals surface area contributed by atoms with Gasteiger partial charge < -0.3 is 4.90 Å². The van der Waals surface area contributed by atoms with Crippen molar-refractivity contribution < 1.29 is 4.79 Å². The van der Waals surface area contributed by atoms with Crippen LogP contribution in [-0.4, -0.2) is 30.3 Å². The number of carbonyl (C=O) groups is 1. The van der Waals surface area contributed by atoms with E-state index in [4.69, 9.17) is 0 Å². The van der Waals surface area contributed by atoms with E-state index in [2.05, 4.69) is 29.2 Å². The lowest BCUT2D eigenvalue weighted by Gasteiger charge is -2.39. The van der Waals surface area contributed by atoms with Gasteiger partial charge in [0.25, 0.3) is 0 Å². The average Bonchev–Trinajstić information content (AvgIpc) is 2.62. The second-order valence-corrected chi connectivity index (χ2v) is 6.53. The molecule has 2 heteroatoms. The Morgan fingerprint density at radius 2 is 1.35 bits per heavy atom. The summed E-state index contributed by atoms with van der Waals surface area (Å²) < 4.78 is 0. The van der Waals surface area contributed by atoms with Crippen LogP contribution in [0, 0.1) is 0 Å². The SMILES string of the molecule is CC(=O)C(CN1CCCCC1)(c1ccccc1)c1ccccc1. The van der Waals surface area contributed by atoms with Crippen molar-refractivity contribution in [1.82, 2.24) is 4.90 Å². The molecule has 2 aromatic carbocycles. The minimum atomic E-state index is -0.570. The number of likely N-dealkylation sites (tertiary alicyclic amines) is 1. The summed E-state index contributed by atoms with van der Waals surface area (Å²) in [7, 11) is 0. The van der Waals surface area contributed by atoms with Crippen LogP contribution in [0.4, 0.5) is 0 Å². The van der Waals surface area contributed by atoms with E-state index in [9.17, 15) is 4.79 Å². The number of nitrogens with zero attached hydrogens (tertiary/aromatic N) is 1. The van der Waals surface area contributed by atoms with Crippen molar-refractivity contribution in [2.45, 2.75) is 31.6 Å². The van der Waals surface area contributed by atoms with Gasteiger partial charge in [-0.25, -0.2) is 0 Å². The van der Waals surface area contributed by atoms with Crippen LogP contribution in [0.15, 0.2) is 60.7 Å². The smallest absolute Gasteiger partial charge is 0.146 e. The maximum absolute atomic E-state index is 12.9. The van der Waals surface area contributed by atoms with Gasteiger partial charge in [0, 0.05) is 6.54 Å². The summed E-state index contributed by atoms with van der Waals surface area (Å²) in [6, 6.07) is 20.5. The molecule has 3 rings (SSSR count). The highest BCUT2D eigenvalue weighted by Gasteiger charge is 2.40. The third-order valence-electron chi connectivity index (χ3n) is 5.04. The molecule has 2 aromatic rings. The van der Waals surface area contributed by atoms with E-state index in [0.717, 1.165) is 30.8 Å². The molecule has 120 valence electrons. The van der Waals surface area contributed by atoms with Crippen LogP contribution in [0.5, 0.6) is 0 Å². The fourth-order valence-electron chi connectivity index (χ4n) is 3.77. The number of hydrogen-bond acceptors (Lipinski definition) is 2. The molecule has 0 N–H and O–H groups in total. The molecule has 0 aromatic heterocycles. The highest BCUT2D eigenvalue weighted by atomic mass is 16.1. The maximum Gasteiger partial charge on any atom is 0.146 e. The Hall–Kier alpha value is -1.93. The van der Waals surface area contributed by atoms with Crippen LogP contribution >= 0.6 is 0 Å². The van der Waals surface area contributed by atoms with Crippen LogP contribution in [-0.2, 0) is 10.2 Å². The highest BCUT2D eigenvalue weighted by Crippen LogP contribution is 2.35. The van der Waals surface area contributed by atoms with Gasteiger partial charge in [-0.1, -0.05) is 67.1 Å². The first-order chi connectivity index (χ1) is 11.2. The standard InChI is InChI=1S/C21H25NO/c1-18(23)21(19-11-5-2-6-12-19,20-13-7-3-8-14-20)17-22-15-9-4-10-16-22/h2-3,5-8,11-14H,4,9-10,15-17H2,1H3. The normalized spacial score (nSPS) is 16.2. The fraction of sp³-hybridized carbons (Fsp3) is 0.381. The van der Waals surface area contributed by atoms with Crippen molar-refractivity contribution in [1.29, 1.82) is 0 Å². The molecule has 1 aliphatic heterocycles. The Kier molecular flexibility index (Phi) is 4.92. The van der Waals surface area contributed by atoms with Crippen LogP contribution in [0.25, 0.3) is 0 Å². The summed E-state index contributed by atoms with van der Waals surface area (Å²) in [5, 5.41) is 0. The number of carbonyl (C=O) groups excluding carboxylic acids is 1. The third kappa shape index (κ3) is 3.23. The Morgan fingerprint density at radius 1 is 0.870 bits per heavy atom. The van der Waals surface area contributed by atoms with Crippen molar-refractivity contribution in [3.63, 3.8) is 0 Å². The molecule has 0 radical (unpaired) electrons. The molecule has 0 amide bonds. The Balaban J connectivity index is 2.08. The van der Waals surface area contributed by atoms with Crippen molar-refractivity contribution in [2.24, 2.45) is 0 Å². The molecule has 0 saturated carbocycles. The maximum atomic E-state index is 12.9. The second-order valence-electron chi connectivity index (χ2n) is 6.53. The van der Waals surface area contributed by atoms with E-state index in [-0.39, 0.29) is 5.78 Å². The summed E-state index contributed by atoms with van der Waals surface area (Å²) >= 11 is 0. The molecular weight excluding hydrogens is 282 g/mol. The molecule has 0 atom stereocenters. The topological polar surface area (TPSA) is 20.3 Å². The number of rotatable bonds is 5. The van der Waals surface area contributed by atoms with Gasteiger partial charge in [-0.3, -0.25) is 4.79 Å². The first kappa shape index (κ1) is 15.9. The van der Waals surface area contributed by atoms with Gasteiger partial charge in [-0.2, -0.15) is 0 Å². The first-order valence-corrected chi connectivity index (χ1v) is 8.58. The molecule has 0 unspecified atom stereocenters. The number of benzene rings is 2. The predicted molar refractivity (Wildman–Crippen MR) is 94.6 cm³/mol. The fourth-order valence-corrected chi connectivity index (χ4v) is 3.77. The zero-order valence-electron chi connectivity index (χ0n) is 13.9. The molecule has 1 aliphatic rings. The van der Waals surface area contributed by atoms with E-state index in [1.807, 2.05) is 36.4 Å². The van der Waals surface area contributed by atoms with Gasteiger partial charge >= 0.3 is 0 Å². The van der Waals surface area contributed by atoms with Crippen molar-refractivity contribution in [3.8, 4) is 0 Å². The van der Waals surface area contributed by atoms with Gasteiger partial charge in [0.05, 0.1) is 5.41 Å². The minimum absolute atomic E-state index is 0.223. The zero-order chi connectivity index (χ0) is 16.1. The van der Waals surface area contributed by atoms with Gasteiger partial charge in [0.2, 0.25) is 0 Å². The predicted octanol–water partition coefficient (Wildman–Crippen LogP) is 4.05. The van der Waals surface area contributed by atoms with Crippen LogP contribution in [0.1, 0.15) is 37.3 Å². The number of ketones is 1. The Labute approximate surface area is 139 Å². The quantitative estimate of drug-likeness (QED) is 0.830.